The summed E-state index contributed by atoms with van der Waals surface area (Å²) in [6.45, 7) is 1.14. The summed E-state index contributed by atoms with van der Waals surface area (Å²) >= 11 is 0. The van der Waals surface area contributed by atoms with E-state index in [1.807, 2.05) is 0 Å². The first-order valence-electron chi connectivity index (χ1n) is 7.01. The number of rotatable bonds is 2. The lowest BCUT2D eigenvalue weighted by Crippen LogP contribution is -2.04. The van der Waals surface area contributed by atoms with Gasteiger partial charge >= 0.3 is 5.97 Å². The zero-order valence-electron chi connectivity index (χ0n) is 12.8. The Morgan fingerprint density at radius 3 is 2.44 bits per heavy atom. The largest absolute Gasteiger partial charge is 0.508 e. The number of hydrogen-bond donors (Lipinski definition) is 4. The monoisotopic (exact) mass is 344 g/mol. The van der Waals surface area contributed by atoms with E-state index in [0.717, 1.165) is 19.1 Å². The van der Waals surface area contributed by atoms with Crippen LogP contribution in [-0.4, -0.2) is 26.4 Å². The summed E-state index contributed by atoms with van der Waals surface area (Å²) in [4.78, 5) is 23.4. The molecule has 128 valence electrons. The zero-order valence-corrected chi connectivity index (χ0v) is 12.8. The second kappa shape index (κ2) is 5.75. The number of phenols is 3. The minimum Gasteiger partial charge on any atom is -0.508 e. The van der Waals surface area contributed by atoms with E-state index in [-0.39, 0.29) is 39.5 Å². The summed E-state index contributed by atoms with van der Waals surface area (Å²) in [5.41, 5.74) is -0.929. The molecule has 25 heavy (non-hydrogen) atoms. The second-order valence-electron chi connectivity index (χ2n) is 5.22. The maximum Gasteiger partial charge on any atom is 0.308 e. The molecule has 0 unspecified atom stereocenters. The van der Waals surface area contributed by atoms with Crippen LogP contribution in [0.15, 0.2) is 39.5 Å². The van der Waals surface area contributed by atoms with Crippen LogP contribution in [0.25, 0.3) is 22.3 Å². The number of esters is 1. The molecule has 0 spiro atoms. The Bertz CT molecular complexity index is 1060. The molecule has 0 atom stereocenters. The Hall–Kier alpha value is -3.68. The standard InChI is InChI=1S/C17H12O8/c1-7(18)24-12-4-8(2-3-10(12)20)17-16(23)15(22)14-11(21)5-9(19)6-13(14)25-17/h2-6,19-21,23H,1H3. The molecular formula is C17H12O8. The topological polar surface area (TPSA) is 137 Å². The molecule has 0 aliphatic heterocycles. The summed E-state index contributed by atoms with van der Waals surface area (Å²) in [6, 6.07) is 5.76. The van der Waals surface area contributed by atoms with Crippen LogP contribution in [0.1, 0.15) is 6.92 Å². The van der Waals surface area contributed by atoms with Crippen molar-refractivity contribution < 1.29 is 34.4 Å². The Morgan fingerprint density at radius 1 is 1.04 bits per heavy atom. The number of phenolic OH excluding ortho intramolecular Hbond substituents is 3. The molecule has 1 aromatic heterocycles. The molecule has 0 bridgehead atoms. The van der Waals surface area contributed by atoms with Gasteiger partial charge in [-0.25, -0.2) is 0 Å². The van der Waals surface area contributed by atoms with Gasteiger partial charge in [-0.1, -0.05) is 0 Å². The van der Waals surface area contributed by atoms with Crippen molar-refractivity contribution in [3.8, 4) is 40.1 Å². The summed E-state index contributed by atoms with van der Waals surface area (Å²) < 4.78 is 10.3. The van der Waals surface area contributed by atoms with Gasteiger partial charge in [0.2, 0.25) is 11.2 Å². The number of ether oxygens (including phenoxy) is 1. The van der Waals surface area contributed by atoms with Gasteiger partial charge in [-0.2, -0.15) is 0 Å². The molecule has 2 aromatic carbocycles. The van der Waals surface area contributed by atoms with Crippen LogP contribution in [-0.2, 0) is 4.79 Å². The first-order valence-corrected chi connectivity index (χ1v) is 7.01. The molecule has 8 heteroatoms. The number of carbonyl (C=O) groups excluding carboxylic acids is 1. The summed E-state index contributed by atoms with van der Waals surface area (Å²) in [5.74, 6) is -3.13. The highest BCUT2D eigenvalue weighted by atomic mass is 16.5. The van der Waals surface area contributed by atoms with Crippen molar-refractivity contribution in [2.45, 2.75) is 6.92 Å². The Labute approximate surface area is 139 Å². The highest BCUT2D eigenvalue weighted by molar-refractivity contribution is 5.88. The minimum atomic E-state index is -0.907. The van der Waals surface area contributed by atoms with E-state index in [1.165, 1.54) is 18.2 Å². The molecule has 0 saturated heterocycles. The predicted molar refractivity (Wildman–Crippen MR) is 85.9 cm³/mol. The van der Waals surface area contributed by atoms with Crippen molar-refractivity contribution in [1.82, 2.24) is 0 Å². The number of hydrogen-bond acceptors (Lipinski definition) is 8. The maximum atomic E-state index is 12.3. The lowest BCUT2D eigenvalue weighted by Gasteiger charge is -2.09. The molecule has 8 nitrogen and oxygen atoms in total. The van der Waals surface area contributed by atoms with Crippen LogP contribution < -0.4 is 10.2 Å². The van der Waals surface area contributed by atoms with Crippen LogP contribution >= 0.6 is 0 Å². The fourth-order valence-corrected chi connectivity index (χ4v) is 2.36. The average Bonchev–Trinajstić information content (AvgIpc) is 2.52. The van der Waals surface area contributed by atoms with Crippen LogP contribution in [0.4, 0.5) is 0 Å². The molecule has 0 aliphatic rings. The molecule has 0 saturated carbocycles. The van der Waals surface area contributed by atoms with E-state index in [0.29, 0.717) is 0 Å². The van der Waals surface area contributed by atoms with E-state index < -0.39 is 22.9 Å². The summed E-state index contributed by atoms with van der Waals surface area (Å²) in [6.07, 6.45) is 0. The Balaban J connectivity index is 2.28. The molecule has 0 aliphatic carbocycles. The lowest BCUT2D eigenvalue weighted by molar-refractivity contribution is -0.132. The van der Waals surface area contributed by atoms with E-state index >= 15 is 0 Å². The molecule has 4 N–H and O–H groups in total. The predicted octanol–water partition coefficient (Wildman–Crippen LogP) is 2.21. The molecule has 3 rings (SSSR count). The van der Waals surface area contributed by atoms with Gasteiger partial charge in [0.1, 0.15) is 22.5 Å². The SMILES string of the molecule is CC(=O)Oc1cc(-c2oc3cc(O)cc(O)c3c(=O)c2O)ccc1O. The molecule has 0 radical (unpaired) electrons. The smallest absolute Gasteiger partial charge is 0.308 e. The van der Waals surface area contributed by atoms with Gasteiger partial charge in [0.05, 0.1) is 0 Å². The lowest BCUT2D eigenvalue weighted by atomic mass is 10.1. The third kappa shape index (κ3) is 2.80. The first kappa shape index (κ1) is 16.2. The van der Waals surface area contributed by atoms with Crippen molar-refractivity contribution in [2.75, 3.05) is 0 Å². The molecular weight excluding hydrogens is 332 g/mol. The van der Waals surface area contributed by atoms with Gasteiger partial charge in [-0.05, 0) is 18.2 Å². The average molecular weight is 344 g/mol. The van der Waals surface area contributed by atoms with E-state index in [9.17, 15) is 30.0 Å². The summed E-state index contributed by atoms with van der Waals surface area (Å²) in [5, 5.41) is 38.9. The van der Waals surface area contributed by atoms with Crippen LogP contribution in [0.3, 0.4) is 0 Å². The van der Waals surface area contributed by atoms with Crippen molar-refractivity contribution in [3.63, 3.8) is 0 Å². The van der Waals surface area contributed by atoms with Crippen LogP contribution in [0.2, 0.25) is 0 Å². The van der Waals surface area contributed by atoms with Gasteiger partial charge in [-0.15, -0.1) is 0 Å². The molecule has 3 aromatic rings. The quantitative estimate of drug-likeness (QED) is 0.410. The number of carbonyl (C=O) groups is 1. The first-order chi connectivity index (χ1) is 11.8. The van der Waals surface area contributed by atoms with Crippen molar-refractivity contribution >= 4 is 16.9 Å². The Morgan fingerprint density at radius 2 is 1.76 bits per heavy atom. The normalized spacial score (nSPS) is 10.8. The second-order valence-corrected chi connectivity index (χ2v) is 5.22. The van der Waals surface area contributed by atoms with Gasteiger partial charge < -0.3 is 29.6 Å². The zero-order chi connectivity index (χ0) is 18.3. The molecule has 0 fully saturated rings. The van der Waals surface area contributed by atoms with E-state index in [1.54, 1.807) is 0 Å². The van der Waals surface area contributed by atoms with Crippen LogP contribution in [0.5, 0.6) is 28.7 Å². The summed E-state index contributed by atoms with van der Waals surface area (Å²) in [7, 11) is 0. The molecule has 0 amide bonds. The highest BCUT2D eigenvalue weighted by Gasteiger charge is 2.20. The third-order valence-electron chi connectivity index (χ3n) is 3.41. The van der Waals surface area contributed by atoms with E-state index in [2.05, 4.69) is 0 Å². The van der Waals surface area contributed by atoms with Crippen molar-refractivity contribution in [2.24, 2.45) is 0 Å². The van der Waals surface area contributed by atoms with Gasteiger partial charge in [-0.3, -0.25) is 9.59 Å². The molecule has 1 heterocycles. The highest BCUT2D eigenvalue weighted by Crippen LogP contribution is 2.38. The van der Waals surface area contributed by atoms with E-state index in [4.69, 9.17) is 9.15 Å². The van der Waals surface area contributed by atoms with Crippen molar-refractivity contribution in [3.05, 3.63) is 40.6 Å². The van der Waals surface area contributed by atoms with Crippen molar-refractivity contribution in [1.29, 1.82) is 0 Å². The fourth-order valence-electron chi connectivity index (χ4n) is 2.36. The maximum absolute atomic E-state index is 12.3. The minimum absolute atomic E-state index is 0.133. The van der Waals surface area contributed by atoms with Gasteiger partial charge in [0.25, 0.3) is 0 Å². The number of aromatic hydroxyl groups is 4. The number of fused-ring (bicyclic) bond motifs is 1. The fraction of sp³-hybridized carbons (Fsp3) is 0.0588. The van der Waals surface area contributed by atoms with Crippen LogP contribution in [0, 0.1) is 0 Å². The van der Waals surface area contributed by atoms with Gasteiger partial charge in [0.15, 0.2) is 17.3 Å². The number of benzene rings is 2. The van der Waals surface area contributed by atoms with Gasteiger partial charge in [0, 0.05) is 24.6 Å². The third-order valence-corrected chi connectivity index (χ3v) is 3.41. The Kier molecular flexibility index (Phi) is 3.72.